The smallest absolute Gasteiger partial charge is 0.316 e. The molecule has 0 saturated carbocycles. The number of nitrogens with one attached hydrogen (secondary N) is 1. The Balaban J connectivity index is 1.28. The number of benzene rings is 4. The van der Waals surface area contributed by atoms with E-state index in [9.17, 15) is 9.46 Å². The van der Waals surface area contributed by atoms with E-state index < -0.39 is 45.0 Å². The highest BCUT2D eigenvalue weighted by atomic mass is 31.1. The van der Waals surface area contributed by atoms with Crippen molar-refractivity contribution in [3.63, 3.8) is 0 Å². The molecule has 1 fully saturated rings. The molecule has 0 spiro atoms. The average molecular weight is 696 g/mol. The molecule has 0 aliphatic carbocycles. The zero-order valence-corrected chi connectivity index (χ0v) is 28.0. The van der Waals surface area contributed by atoms with Crippen molar-refractivity contribution in [2.45, 2.75) is 36.8 Å². The van der Waals surface area contributed by atoms with E-state index in [0.29, 0.717) is 22.7 Å². The first kappa shape index (κ1) is 33.5. The van der Waals surface area contributed by atoms with E-state index in [1.807, 2.05) is 66.7 Å². The van der Waals surface area contributed by atoms with Gasteiger partial charge in [-0.2, -0.15) is 0 Å². The molecule has 1 saturated heterocycles. The normalized spacial score (nSPS) is 19.7. The number of fused-ring (bicyclic) bond motifs is 1. The second-order valence-corrected chi connectivity index (χ2v) is 12.6. The van der Waals surface area contributed by atoms with Crippen molar-refractivity contribution in [3.05, 3.63) is 150 Å². The Morgan fingerprint density at radius 2 is 1.48 bits per heavy atom. The van der Waals surface area contributed by atoms with Gasteiger partial charge in [-0.15, -0.1) is 0 Å². The molecule has 256 valence electrons. The molecule has 2 N–H and O–H groups in total. The summed E-state index contributed by atoms with van der Waals surface area (Å²) in [5.41, 5.74) is 3.62. The van der Waals surface area contributed by atoms with Crippen LogP contribution in [0.3, 0.4) is 0 Å². The van der Waals surface area contributed by atoms with Gasteiger partial charge in [-0.3, -0.25) is 9.13 Å². The maximum Gasteiger partial charge on any atom is 0.316 e. The minimum atomic E-state index is -3.32. The molecule has 13 heteroatoms. The van der Waals surface area contributed by atoms with Crippen molar-refractivity contribution in [3.8, 4) is 5.75 Å². The topological polar surface area (TPSA) is 130 Å². The Bertz CT molecular complexity index is 1940. The van der Waals surface area contributed by atoms with Gasteiger partial charge < -0.3 is 28.9 Å². The van der Waals surface area contributed by atoms with E-state index in [4.69, 9.17) is 23.7 Å². The Kier molecular flexibility index (Phi) is 9.97. The van der Waals surface area contributed by atoms with Gasteiger partial charge in [0.15, 0.2) is 29.4 Å². The van der Waals surface area contributed by atoms with Gasteiger partial charge in [-0.05, 0) is 34.4 Å². The summed E-state index contributed by atoms with van der Waals surface area (Å²) in [6.07, 6.45) is -2.11. The number of imidazole rings is 1. The van der Waals surface area contributed by atoms with Gasteiger partial charge in [0.05, 0.1) is 26.7 Å². The summed E-state index contributed by atoms with van der Waals surface area (Å²) < 4.78 is 51.4. The maximum absolute atomic E-state index is 16.0. The number of methoxy groups -OCH3 is 1. The number of nitrogens with zero attached hydrogens (tertiary/aromatic N) is 4. The molecule has 4 aromatic carbocycles. The second kappa shape index (κ2) is 14.9. The first-order chi connectivity index (χ1) is 24.5. The molecule has 7 rings (SSSR count). The van der Waals surface area contributed by atoms with Crippen LogP contribution in [0.4, 0.5) is 10.2 Å². The average Bonchev–Trinajstić information content (AvgIpc) is 3.74. The molecule has 2 aromatic heterocycles. The first-order valence-electron chi connectivity index (χ1n) is 16.0. The standard InChI is InChI=1S/C37H35FN5O6P/c1-46-29-19-17-25(18-20-29)21-47-33-31(38)30(22-48-50(44)45)49-36(33)43-24-41-32-34(39-23-40-35(32)43)42-37(26-11-5-2-6-12-26,27-13-7-3-8-14-27)28-15-9-4-10-16-28/h2-20,23-24,30-31,33,36,50H,21-22H2,1H3,(H,44,45)(H,39,40,42)/t30-,31-,33-,36-/m1/s1. The summed E-state index contributed by atoms with van der Waals surface area (Å²) in [4.78, 5) is 23.2. The van der Waals surface area contributed by atoms with Crippen LogP contribution in [0, 0.1) is 0 Å². The van der Waals surface area contributed by atoms with Crippen molar-refractivity contribution in [1.82, 2.24) is 19.5 Å². The quantitative estimate of drug-likeness (QED) is 0.103. The van der Waals surface area contributed by atoms with Gasteiger partial charge >= 0.3 is 8.25 Å². The summed E-state index contributed by atoms with van der Waals surface area (Å²) in [5.74, 6) is 1.12. The molecule has 3 heterocycles. The molecule has 1 aliphatic heterocycles. The predicted molar refractivity (Wildman–Crippen MR) is 186 cm³/mol. The fourth-order valence-electron chi connectivity index (χ4n) is 6.39. The van der Waals surface area contributed by atoms with E-state index >= 15 is 4.39 Å². The van der Waals surface area contributed by atoms with Crippen LogP contribution in [0.5, 0.6) is 5.75 Å². The van der Waals surface area contributed by atoms with Crippen LogP contribution >= 0.6 is 8.25 Å². The summed E-state index contributed by atoms with van der Waals surface area (Å²) >= 11 is 0. The number of halogens is 1. The molecule has 5 atom stereocenters. The van der Waals surface area contributed by atoms with Crippen LogP contribution < -0.4 is 10.1 Å². The van der Waals surface area contributed by atoms with Crippen LogP contribution in [0.1, 0.15) is 28.5 Å². The van der Waals surface area contributed by atoms with Gasteiger partial charge in [0.25, 0.3) is 0 Å². The Morgan fingerprint density at radius 3 is 2.04 bits per heavy atom. The summed E-state index contributed by atoms with van der Waals surface area (Å²) in [7, 11) is -1.74. The zero-order chi connectivity index (χ0) is 34.5. The minimum absolute atomic E-state index is 0.0707. The van der Waals surface area contributed by atoms with Crippen LogP contribution in [0.25, 0.3) is 11.2 Å². The minimum Gasteiger partial charge on any atom is -0.497 e. The van der Waals surface area contributed by atoms with Crippen molar-refractivity contribution >= 4 is 25.2 Å². The Labute approximate surface area is 288 Å². The highest BCUT2D eigenvalue weighted by molar-refractivity contribution is 7.32. The molecule has 1 aliphatic rings. The van der Waals surface area contributed by atoms with E-state index in [1.54, 1.807) is 23.8 Å². The van der Waals surface area contributed by atoms with Crippen molar-refractivity contribution in [1.29, 1.82) is 0 Å². The third-order valence-corrected chi connectivity index (χ3v) is 9.21. The highest BCUT2D eigenvalue weighted by Gasteiger charge is 2.48. The van der Waals surface area contributed by atoms with Crippen LogP contribution in [0.2, 0.25) is 0 Å². The number of hydrogen-bond donors (Lipinski definition) is 2. The van der Waals surface area contributed by atoms with Crippen LogP contribution in [0.15, 0.2) is 128 Å². The predicted octanol–water partition coefficient (Wildman–Crippen LogP) is 6.46. The van der Waals surface area contributed by atoms with Crippen molar-refractivity contribution < 1.29 is 32.6 Å². The van der Waals surface area contributed by atoms with Crippen molar-refractivity contribution in [2.75, 3.05) is 19.0 Å². The third kappa shape index (κ3) is 6.64. The Hall–Kier alpha value is -4.97. The molecule has 0 radical (unpaired) electrons. The number of anilines is 1. The molecule has 0 amide bonds. The summed E-state index contributed by atoms with van der Waals surface area (Å²) in [6.45, 7) is -0.363. The van der Waals surface area contributed by atoms with E-state index in [-0.39, 0.29) is 6.61 Å². The summed E-state index contributed by atoms with van der Waals surface area (Å²) in [6, 6.07) is 37.5. The lowest BCUT2D eigenvalue weighted by molar-refractivity contribution is -0.0729. The second-order valence-electron chi connectivity index (χ2n) is 11.7. The molecule has 0 bridgehead atoms. The largest absolute Gasteiger partial charge is 0.497 e. The van der Waals surface area contributed by atoms with E-state index in [1.165, 1.54) is 12.7 Å². The molecular formula is C37H35FN5O6P. The lowest BCUT2D eigenvalue weighted by Crippen LogP contribution is -2.38. The SMILES string of the molecule is COc1ccc(CO[C@@H]2[C@H](F)[C@@H](CO[PH](=O)O)O[C@H]2n2cnc3c(NC(c4ccccc4)(c4ccccc4)c4ccccc4)ncnc32)cc1. The van der Waals surface area contributed by atoms with E-state index in [2.05, 4.69) is 51.7 Å². The lowest BCUT2D eigenvalue weighted by atomic mass is 9.77. The zero-order valence-electron chi connectivity index (χ0n) is 27.0. The van der Waals surface area contributed by atoms with Crippen LogP contribution in [-0.4, -0.2) is 56.5 Å². The highest BCUT2D eigenvalue weighted by Crippen LogP contribution is 2.42. The van der Waals surface area contributed by atoms with Gasteiger partial charge in [-0.1, -0.05) is 103 Å². The number of rotatable bonds is 13. The number of alkyl halides is 1. The lowest BCUT2D eigenvalue weighted by Gasteiger charge is -2.37. The monoisotopic (exact) mass is 695 g/mol. The molecular weight excluding hydrogens is 660 g/mol. The fraction of sp³-hybridized carbons (Fsp3) is 0.216. The number of ether oxygens (including phenoxy) is 3. The molecule has 1 unspecified atom stereocenters. The van der Waals surface area contributed by atoms with Crippen molar-refractivity contribution in [2.24, 2.45) is 0 Å². The van der Waals surface area contributed by atoms with Gasteiger partial charge in [0.2, 0.25) is 0 Å². The van der Waals surface area contributed by atoms with E-state index in [0.717, 1.165) is 22.3 Å². The van der Waals surface area contributed by atoms with Crippen LogP contribution in [-0.2, 0) is 30.7 Å². The molecule has 11 nitrogen and oxygen atoms in total. The number of hydrogen-bond acceptors (Lipinski definition) is 9. The van der Waals surface area contributed by atoms with Gasteiger partial charge in [0.1, 0.15) is 29.8 Å². The third-order valence-electron chi connectivity index (χ3n) is 8.80. The van der Waals surface area contributed by atoms with Gasteiger partial charge in [-0.25, -0.2) is 19.3 Å². The molecule has 50 heavy (non-hydrogen) atoms. The van der Waals surface area contributed by atoms with Gasteiger partial charge in [0, 0.05) is 0 Å². The Morgan fingerprint density at radius 1 is 0.880 bits per heavy atom. The number of aromatic nitrogens is 4. The maximum atomic E-state index is 16.0. The molecule has 6 aromatic rings. The first-order valence-corrected chi connectivity index (χ1v) is 17.3. The summed E-state index contributed by atoms with van der Waals surface area (Å²) in [5, 5.41) is 3.74. The fourth-order valence-corrected chi connectivity index (χ4v) is 6.69.